The lowest BCUT2D eigenvalue weighted by atomic mass is 10.00. The summed E-state index contributed by atoms with van der Waals surface area (Å²) >= 11 is 0. The minimum Gasteiger partial charge on any atom is -0.497 e. The fraction of sp³-hybridized carbons (Fsp3) is 0.211. The van der Waals surface area contributed by atoms with Gasteiger partial charge in [-0.1, -0.05) is 18.2 Å². The minimum absolute atomic E-state index is 0.129. The van der Waals surface area contributed by atoms with Gasteiger partial charge in [0.25, 0.3) is 0 Å². The second-order valence-electron chi connectivity index (χ2n) is 5.71. The van der Waals surface area contributed by atoms with Crippen LogP contribution in [0.15, 0.2) is 48.7 Å². The number of nitrogens with zero attached hydrogens (tertiary/aromatic N) is 2. The van der Waals surface area contributed by atoms with E-state index in [0.29, 0.717) is 17.1 Å². The van der Waals surface area contributed by atoms with Crippen LogP contribution in [0.3, 0.4) is 0 Å². The Labute approximate surface area is 148 Å². The Balaban J connectivity index is 2.11. The van der Waals surface area contributed by atoms with Crippen LogP contribution in [-0.2, 0) is 13.2 Å². The molecule has 0 bridgehead atoms. The van der Waals surface area contributed by atoms with E-state index in [-0.39, 0.29) is 5.69 Å². The van der Waals surface area contributed by atoms with Gasteiger partial charge in [-0.05, 0) is 29.8 Å². The van der Waals surface area contributed by atoms with Crippen molar-refractivity contribution in [3.8, 4) is 33.9 Å². The Morgan fingerprint density at radius 1 is 0.962 bits per heavy atom. The molecule has 0 aliphatic heterocycles. The van der Waals surface area contributed by atoms with Crippen LogP contribution >= 0.6 is 0 Å². The van der Waals surface area contributed by atoms with Crippen LogP contribution in [0.4, 0.5) is 13.2 Å². The Kier molecular flexibility index (Phi) is 4.63. The predicted molar refractivity (Wildman–Crippen MR) is 92.2 cm³/mol. The Morgan fingerprint density at radius 3 is 2.38 bits per heavy atom. The summed E-state index contributed by atoms with van der Waals surface area (Å²) in [6.07, 6.45) is -3.51. The van der Waals surface area contributed by atoms with Crippen molar-refractivity contribution in [1.29, 1.82) is 0 Å². The molecule has 0 aliphatic carbocycles. The van der Waals surface area contributed by atoms with Gasteiger partial charge in [-0.25, -0.2) is 0 Å². The monoisotopic (exact) mass is 362 g/mol. The molecule has 0 saturated heterocycles. The predicted octanol–water partition coefficient (Wildman–Crippen LogP) is 4.79. The number of benzene rings is 2. The van der Waals surface area contributed by atoms with Crippen LogP contribution in [0.2, 0.25) is 0 Å². The lowest BCUT2D eigenvalue weighted by molar-refractivity contribution is -0.137. The van der Waals surface area contributed by atoms with Gasteiger partial charge in [-0.15, -0.1) is 0 Å². The van der Waals surface area contributed by atoms with Gasteiger partial charge in [-0.2, -0.15) is 18.3 Å². The molecule has 3 aromatic rings. The SMILES string of the molecule is COc1cccc(-c2ccc(-c3nn(C)cc3C(F)(F)F)cc2OC)c1. The second kappa shape index (κ2) is 6.74. The topological polar surface area (TPSA) is 36.3 Å². The smallest absolute Gasteiger partial charge is 0.420 e. The summed E-state index contributed by atoms with van der Waals surface area (Å²) < 4.78 is 51.6. The number of aromatic nitrogens is 2. The van der Waals surface area contributed by atoms with Crippen molar-refractivity contribution >= 4 is 0 Å². The number of rotatable bonds is 4. The van der Waals surface area contributed by atoms with Crippen molar-refractivity contribution in [3.05, 3.63) is 54.2 Å². The largest absolute Gasteiger partial charge is 0.497 e. The van der Waals surface area contributed by atoms with Crippen molar-refractivity contribution < 1.29 is 22.6 Å². The highest BCUT2D eigenvalue weighted by atomic mass is 19.4. The summed E-state index contributed by atoms with van der Waals surface area (Å²) in [6, 6.07) is 12.2. The van der Waals surface area contributed by atoms with Crippen LogP contribution in [-0.4, -0.2) is 24.0 Å². The van der Waals surface area contributed by atoms with E-state index < -0.39 is 11.7 Å². The molecular formula is C19H17F3N2O2. The summed E-state index contributed by atoms with van der Waals surface area (Å²) in [5, 5.41) is 3.97. The molecule has 4 nitrogen and oxygen atoms in total. The summed E-state index contributed by atoms with van der Waals surface area (Å²) in [6.45, 7) is 0. The maximum Gasteiger partial charge on any atom is 0.420 e. The third kappa shape index (κ3) is 3.37. The zero-order valence-electron chi connectivity index (χ0n) is 14.5. The average Bonchev–Trinajstić information content (AvgIpc) is 3.03. The molecule has 0 spiro atoms. The first kappa shape index (κ1) is 17.8. The maximum absolute atomic E-state index is 13.3. The number of halogens is 3. The summed E-state index contributed by atoms with van der Waals surface area (Å²) in [5.41, 5.74) is 1.01. The highest BCUT2D eigenvalue weighted by molar-refractivity contribution is 5.77. The number of alkyl halides is 3. The molecule has 1 heterocycles. The van der Waals surface area contributed by atoms with E-state index in [4.69, 9.17) is 9.47 Å². The minimum atomic E-state index is -4.48. The summed E-state index contributed by atoms with van der Waals surface area (Å²) in [4.78, 5) is 0. The number of hydrogen-bond donors (Lipinski definition) is 0. The van der Waals surface area contributed by atoms with Gasteiger partial charge in [-0.3, -0.25) is 4.68 Å². The van der Waals surface area contributed by atoms with E-state index in [1.807, 2.05) is 24.3 Å². The van der Waals surface area contributed by atoms with E-state index >= 15 is 0 Å². The van der Waals surface area contributed by atoms with E-state index in [1.165, 1.54) is 14.2 Å². The molecule has 0 fully saturated rings. The molecule has 136 valence electrons. The van der Waals surface area contributed by atoms with E-state index in [0.717, 1.165) is 22.0 Å². The van der Waals surface area contributed by atoms with Crippen molar-refractivity contribution in [1.82, 2.24) is 9.78 Å². The standard InChI is InChI=1S/C19H17F3N2O2/c1-24-11-16(19(20,21)22)18(23-24)13-7-8-15(17(10-13)26-3)12-5-4-6-14(9-12)25-2/h4-11H,1-3H3. The first-order chi connectivity index (χ1) is 12.3. The fourth-order valence-corrected chi connectivity index (χ4v) is 2.78. The first-order valence-electron chi connectivity index (χ1n) is 7.77. The number of ether oxygens (including phenoxy) is 2. The van der Waals surface area contributed by atoms with Crippen LogP contribution in [0.1, 0.15) is 5.56 Å². The molecule has 0 amide bonds. The number of methoxy groups -OCH3 is 2. The zero-order chi connectivity index (χ0) is 18.9. The van der Waals surface area contributed by atoms with E-state index in [9.17, 15) is 13.2 Å². The third-order valence-corrected chi connectivity index (χ3v) is 3.99. The highest BCUT2D eigenvalue weighted by Gasteiger charge is 2.36. The Morgan fingerprint density at radius 2 is 1.73 bits per heavy atom. The van der Waals surface area contributed by atoms with Gasteiger partial charge >= 0.3 is 6.18 Å². The number of hydrogen-bond acceptors (Lipinski definition) is 3. The molecule has 26 heavy (non-hydrogen) atoms. The number of aryl methyl sites for hydroxylation is 1. The lowest BCUT2D eigenvalue weighted by Gasteiger charge is -2.12. The molecule has 7 heteroatoms. The molecule has 0 saturated carbocycles. The van der Waals surface area contributed by atoms with E-state index in [2.05, 4.69) is 5.10 Å². The van der Waals surface area contributed by atoms with Gasteiger partial charge < -0.3 is 9.47 Å². The molecule has 0 N–H and O–H groups in total. The van der Waals surface area contributed by atoms with Gasteiger partial charge in [0.15, 0.2) is 0 Å². The lowest BCUT2D eigenvalue weighted by Crippen LogP contribution is -2.05. The van der Waals surface area contributed by atoms with Crippen LogP contribution in [0.5, 0.6) is 11.5 Å². The molecule has 1 aromatic heterocycles. The van der Waals surface area contributed by atoms with Crippen LogP contribution < -0.4 is 9.47 Å². The maximum atomic E-state index is 13.3. The van der Waals surface area contributed by atoms with Crippen LogP contribution in [0, 0.1) is 0 Å². The van der Waals surface area contributed by atoms with Crippen LogP contribution in [0.25, 0.3) is 22.4 Å². The van der Waals surface area contributed by atoms with Crippen molar-refractivity contribution in [2.24, 2.45) is 7.05 Å². The van der Waals surface area contributed by atoms with Gasteiger partial charge in [0.2, 0.25) is 0 Å². The zero-order valence-corrected chi connectivity index (χ0v) is 14.5. The molecule has 0 aliphatic rings. The normalized spacial score (nSPS) is 11.5. The Hall–Kier alpha value is -2.96. The fourth-order valence-electron chi connectivity index (χ4n) is 2.78. The quantitative estimate of drug-likeness (QED) is 0.670. The van der Waals surface area contributed by atoms with E-state index in [1.54, 1.807) is 25.3 Å². The molecule has 2 aromatic carbocycles. The summed E-state index contributed by atoms with van der Waals surface area (Å²) in [7, 11) is 4.51. The Bertz CT molecular complexity index is 933. The summed E-state index contributed by atoms with van der Waals surface area (Å²) in [5.74, 6) is 1.13. The molecule has 0 atom stereocenters. The van der Waals surface area contributed by atoms with Crippen molar-refractivity contribution in [2.75, 3.05) is 14.2 Å². The molecular weight excluding hydrogens is 345 g/mol. The first-order valence-corrected chi connectivity index (χ1v) is 7.77. The molecule has 3 rings (SSSR count). The van der Waals surface area contributed by atoms with Crippen molar-refractivity contribution in [3.63, 3.8) is 0 Å². The average molecular weight is 362 g/mol. The molecule has 0 radical (unpaired) electrons. The van der Waals surface area contributed by atoms with Gasteiger partial charge in [0, 0.05) is 24.4 Å². The molecule has 0 unspecified atom stereocenters. The third-order valence-electron chi connectivity index (χ3n) is 3.99. The van der Waals surface area contributed by atoms with Crippen molar-refractivity contribution in [2.45, 2.75) is 6.18 Å². The van der Waals surface area contributed by atoms with Gasteiger partial charge in [0.05, 0.1) is 14.2 Å². The highest BCUT2D eigenvalue weighted by Crippen LogP contribution is 2.39. The van der Waals surface area contributed by atoms with Gasteiger partial charge in [0.1, 0.15) is 22.8 Å². The second-order valence-corrected chi connectivity index (χ2v) is 5.71.